The van der Waals surface area contributed by atoms with Gasteiger partial charge in [-0.3, -0.25) is 10.1 Å². The third-order valence-electron chi connectivity index (χ3n) is 3.57. The number of benzene rings is 2. The number of hydrogen-bond donors (Lipinski definition) is 0. The summed E-state index contributed by atoms with van der Waals surface area (Å²) in [7, 11) is 0. The van der Waals surface area contributed by atoms with Gasteiger partial charge in [0, 0.05) is 17.7 Å². The zero-order valence-corrected chi connectivity index (χ0v) is 15.0. The number of nitro benzene ring substituents is 1. The van der Waals surface area contributed by atoms with Crippen LogP contribution in [0.2, 0.25) is 0 Å². The fourth-order valence-corrected chi connectivity index (χ4v) is 2.25. The second-order valence-corrected chi connectivity index (χ2v) is 5.85. The normalized spacial score (nSPS) is 10.4. The highest BCUT2D eigenvalue weighted by atomic mass is 16.6. The van der Waals surface area contributed by atoms with Gasteiger partial charge < -0.3 is 4.74 Å². The lowest BCUT2D eigenvalue weighted by atomic mass is 10.1. The van der Waals surface area contributed by atoms with Gasteiger partial charge in [0.15, 0.2) is 0 Å². The molecule has 2 aromatic rings. The standard InChI is InChI=1S/C19H16N4O4/c1-11(2)19(24)27-18-12(3)7-15(8-13(18)4)21-22-17-6-5-16(23(25)26)9-14(17)10-20/h5-9H,1H2,2-4H3. The number of nitriles is 1. The second kappa shape index (κ2) is 8.01. The third kappa shape index (κ3) is 4.61. The molecule has 0 amide bonds. The number of hydrogen-bond acceptors (Lipinski definition) is 7. The molecule has 0 aliphatic rings. The molecule has 0 atom stereocenters. The molecule has 2 aromatic carbocycles. The lowest BCUT2D eigenvalue weighted by Gasteiger charge is -2.11. The maximum Gasteiger partial charge on any atom is 0.338 e. The lowest BCUT2D eigenvalue weighted by molar-refractivity contribution is -0.384. The van der Waals surface area contributed by atoms with Gasteiger partial charge in [-0.1, -0.05) is 6.58 Å². The fourth-order valence-electron chi connectivity index (χ4n) is 2.25. The highest BCUT2D eigenvalue weighted by molar-refractivity contribution is 5.89. The molecule has 0 fully saturated rings. The molecule has 0 saturated carbocycles. The van der Waals surface area contributed by atoms with E-state index < -0.39 is 10.9 Å². The van der Waals surface area contributed by atoms with E-state index in [0.29, 0.717) is 28.1 Å². The minimum Gasteiger partial charge on any atom is -0.423 e. The van der Waals surface area contributed by atoms with Crippen LogP contribution in [-0.2, 0) is 4.79 Å². The van der Waals surface area contributed by atoms with Gasteiger partial charge in [0.25, 0.3) is 5.69 Å². The first-order valence-electron chi connectivity index (χ1n) is 7.82. The lowest BCUT2D eigenvalue weighted by Crippen LogP contribution is -2.10. The number of nitro groups is 1. The largest absolute Gasteiger partial charge is 0.423 e. The first-order valence-corrected chi connectivity index (χ1v) is 7.82. The number of ether oxygens (including phenoxy) is 1. The number of esters is 1. The molecular weight excluding hydrogens is 348 g/mol. The highest BCUT2D eigenvalue weighted by Crippen LogP contribution is 2.31. The van der Waals surface area contributed by atoms with E-state index in [1.165, 1.54) is 12.1 Å². The van der Waals surface area contributed by atoms with Crippen molar-refractivity contribution in [1.29, 1.82) is 5.26 Å². The van der Waals surface area contributed by atoms with Crippen molar-refractivity contribution in [3.05, 3.63) is 69.3 Å². The van der Waals surface area contributed by atoms with Gasteiger partial charge in [0.05, 0.1) is 16.2 Å². The molecule has 8 heteroatoms. The van der Waals surface area contributed by atoms with E-state index in [1.807, 2.05) is 6.07 Å². The van der Waals surface area contributed by atoms with Crippen molar-refractivity contribution in [2.45, 2.75) is 20.8 Å². The van der Waals surface area contributed by atoms with E-state index >= 15 is 0 Å². The SMILES string of the molecule is C=C(C)C(=O)Oc1c(C)cc(N=Nc2ccc([N+](=O)[O-])cc2C#N)cc1C. The first-order chi connectivity index (χ1) is 12.7. The molecule has 0 N–H and O–H groups in total. The van der Waals surface area contributed by atoms with E-state index in [1.54, 1.807) is 32.9 Å². The molecule has 0 radical (unpaired) electrons. The molecule has 2 rings (SSSR count). The molecule has 0 bridgehead atoms. The maximum atomic E-state index is 11.7. The molecule has 27 heavy (non-hydrogen) atoms. The van der Waals surface area contributed by atoms with Crippen LogP contribution in [0.15, 0.2) is 52.7 Å². The van der Waals surface area contributed by atoms with E-state index in [4.69, 9.17) is 10.00 Å². The smallest absolute Gasteiger partial charge is 0.338 e. The Hall–Kier alpha value is -3.86. The highest BCUT2D eigenvalue weighted by Gasteiger charge is 2.13. The summed E-state index contributed by atoms with van der Waals surface area (Å²) in [6.07, 6.45) is 0. The fraction of sp³-hybridized carbons (Fsp3) is 0.158. The van der Waals surface area contributed by atoms with Crippen molar-refractivity contribution in [3.8, 4) is 11.8 Å². The number of nitrogens with zero attached hydrogens (tertiary/aromatic N) is 4. The molecule has 0 aliphatic heterocycles. The third-order valence-corrected chi connectivity index (χ3v) is 3.57. The summed E-state index contributed by atoms with van der Waals surface area (Å²) in [5, 5.41) is 28.0. The van der Waals surface area contributed by atoms with Crippen LogP contribution in [0.4, 0.5) is 17.1 Å². The second-order valence-electron chi connectivity index (χ2n) is 5.85. The van der Waals surface area contributed by atoms with Crippen LogP contribution in [0.5, 0.6) is 5.75 Å². The van der Waals surface area contributed by atoms with Crippen molar-refractivity contribution in [3.63, 3.8) is 0 Å². The van der Waals surface area contributed by atoms with Gasteiger partial charge in [-0.25, -0.2) is 4.79 Å². The average Bonchev–Trinajstić information content (AvgIpc) is 2.62. The number of azo groups is 1. The van der Waals surface area contributed by atoms with E-state index in [2.05, 4.69) is 16.8 Å². The zero-order chi connectivity index (χ0) is 20.1. The number of rotatable bonds is 5. The van der Waals surface area contributed by atoms with E-state index in [0.717, 1.165) is 6.07 Å². The summed E-state index contributed by atoms with van der Waals surface area (Å²) >= 11 is 0. The summed E-state index contributed by atoms with van der Waals surface area (Å²) in [6, 6.07) is 8.98. The van der Waals surface area contributed by atoms with Gasteiger partial charge in [0.1, 0.15) is 17.5 Å². The molecule has 0 aromatic heterocycles. The molecule has 136 valence electrons. The molecule has 0 spiro atoms. The van der Waals surface area contributed by atoms with Crippen molar-refractivity contribution < 1.29 is 14.5 Å². The zero-order valence-electron chi connectivity index (χ0n) is 15.0. The van der Waals surface area contributed by atoms with Crippen LogP contribution in [0.1, 0.15) is 23.6 Å². The van der Waals surface area contributed by atoms with Crippen LogP contribution in [0.25, 0.3) is 0 Å². The van der Waals surface area contributed by atoms with Crippen molar-refractivity contribution >= 4 is 23.0 Å². The van der Waals surface area contributed by atoms with E-state index in [9.17, 15) is 14.9 Å². The van der Waals surface area contributed by atoms with E-state index in [-0.39, 0.29) is 16.9 Å². The first kappa shape index (κ1) is 19.5. The molecule has 0 unspecified atom stereocenters. The Bertz CT molecular complexity index is 996. The van der Waals surface area contributed by atoms with Crippen LogP contribution < -0.4 is 4.74 Å². The summed E-state index contributed by atoms with van der Waals surface area (Å²) in [6.45, 7) is 8.64. The summed E-state index contributed by atoms with van der Waals surface area (Å²) < 4.78 is 5.31. The minimum absolute atomic E-state index is 0.0494. The van der Waals surface area contributed by atoms with Crippen LogP contribution in [0, 0.1) is 35.3 Å². The van der Waals surface area contributed by atoms with Gasteiger partial charge >= 0.3 is 5.97 Å². The number of non-ortho nitro benzene ring substituents is 1. The number of aryl methyl sites for hydroxylation is 2. The quantitative estimate of drug-likeness (QED) is 0.185. The maximum absolute atomic E-state index is 11.7. The Kier molecular flexibility index (Phi) is 5.78. The van der Waals surface area contributed by atoms with Crippen molar-refractivity contribution in [1.82, 2.24) is 0 Å². The van der Waals surface area contributed by atoms with Crippen LogP contribution >= 0.6 is 0 Å². The topological polar surface area (TPSA) is 118 Å². The Morgan fingerprint density at radius 2 is 1.85 bits per heavy atom. The van der Waals surface area contributed by atoms with Gasteiger partial charge in [0.2, 0.25) is 0 Å². The summed E-state index contributed by atoms with van der Waals surface area (Å²) in [5.41, 5.74) is 2.22. The van der Waals surface area contributed by atoms with Crippen molar-refractivity contribution in [2.24, 2.45) is 10.2 Å². The molecule has 8 nitrogen and oxygen atoms in total. The van der Waals surface area contributed by atoms with Crippen LogP contribution in [-0.4, -0.2) is 10.9 Å². The number of carbonyl (C=O) groups is 1. The molecule has 0 aliphatic carbocycles. The minimum atomic E-state index is -0.584. The molecule has 0 saturated heterocycles. The Morgan fingerprint density at radius 3 is 2.37 bits per heavy atom. The summed E-state index contributed by atoms with van der Waals surface area (Å²) in [4.78, 5) is 21.9. The summed E-state index contributed by atoms with van der Waals surface area (Å²) in [5.74, 6) is -0.0879. The number of carbonyl (C=O) groups excluding carboxylic acids is 1. The Balaban J connectivity index is 2.33. The Morgan fingerprint density at radius 1 is 1.22 bits per heavy atom. The monoisotopic (exact) mass is 364 g/mol. The predicted octanol–water partition coefficient (Wildman–Crippen LogP) is 4.98. The van der Waals surface area contributed by atoms with Gasteiger partial charge in [-0.2, -0.15) is 10.4 Å². The predicted molar refractivity (Wildman–Crippen MR) is 98.4 cm³/mol. The van der Waals surface area contributed by atoms with Gasteiger partial charge in [-0.05, 0) is 50.1 Å². The van der Waals surface area contributed by atoms with Crippen molar-refractivity contribution in [2.75, 3.05) is 0 Å². The average molecular weight is 364 g/mol. The molecular formula is C19H16N4O4. The Labute approximate surface area is 155 Å². The van der Waals surface area contributed by atoms with Crippen LogP contribution in [0.3, 0.4) is 0 Å². The van der Waals surface area contributed by atoms with Gasteiger partial charge in [-0.15, -0.1) is 5.11 Å². The molecule has 0 heterocycles.